The maximum atomic E-state index is 11.5. The molecule has 1 aromatic carbocycles. The molecule has 0 spiro atoms. The van der Waals surface area contributed by atoms with Crippen LogP contribution in [0.1, 0.15) is 36.1 Å². The average molecular weight is 278 g/mol. The maximum Gasteiger partial charge on any atom is 0.314 e. The SMILES string of the molecule is COc1c(C)cc(CCNC(=O)NC(C)C)c(C)c1C. The molecule has 112 valence electrons. The van der Waals surface area contributed by atoms with Gasteiger partial charge in [-0.3, -0.25) is 0 Å². The fourth-order valence-electron chi connectivity index (χ4n) is 2.34. The van der Waals surface area contributed by atoms with Crippen LogP contribution in [-0.2, 0) is 6.42 Å². The molecule has 0 saturated carbocycles. The van der Waals surface area contributed by atoms with Crippen molar-refractivity contribution in [3.63, 3.8) is 0 Å². The summed E-state index contributed by atoms with van der Waals surface area (Å²) in [4.78, 5) is 11.5. The molecule has 0 saturated heterocycles. The summed E-state index contributed by atoms with van der Waals surface area (Å²) in [5.74, 6) is 0.955. The molecular weight excluding hydrogens is 252 g/mol. The predicted octanol–water partition coefficient (Wildman–Crippen LogP) is 2.87. The summed E-state index contributed by atoms with van der Waals surface area (Å²) >= 11 is 0. The summed E-state index contributed by atoms with van der Waals surface area (Å²) in [6, 6.07) is 2.19. The summed E-state index contributed by atoms with van der Waals surface area (Å²) in [7, 11) is 1.70. The monoisotopic (exact) mass is 278 g/mol. The quantitative estimate of drug-likeness (QED) is 0.870. The third kappa shape index (κ3) is 4.15. The van der Waals surface area contributed by atoms with Crippen LogP contribution in [0, 0.1) is 20.8 Å². The van der Waals surface area contributed by atoms with Crippen LogP contribution in [0.15, 0.2) is 6.07 Å². The molecule has 0 radical (unpaired) electrons. The topological polar surface area (TPSA) is 50.4 Å². The number of carbonyl (C=O) groups excluding carboxylic acids is 1. The molecule has 1 aromatic rings. The number of amides is 2. The van der Waals surface area contributed by atoms with Gasteiger partial charge in [0.1, 0.15) is 5.75 Å². The molecule has 2 N–H and O–H groups in total. The largest absolute Gasteiger partial charge is 0.496 e. The Morgan fingerprint density at radius 2 is 1.90 bits per heavy atom. The van der Waals surface area contributed by atoms with Gasteiger partial charge in [-0.05, 0) is 63.3 Å². The minimum absolute atomic E-state index is 0.111. The van der Waals surface area contributed by atoms with E-state index in [9.17, 15) is 4.79 Å². The first-order valence-corrected chi connectivity index (χ1v) is 7.04. The Morgan fingerprint density at radius 1 is 1.25 bits per heavy atom. The van der Waals surface area contributed by atoms with Crippen molar-refractivity contribution in [1.29, 1.82) is 0 Å². The fourth-order valence-corrected chi connectivity index (χ4v) is 2.34. The third-order valence-corrected chi connectivity index (χ3v) is 3.44. The number of hydrogen-bond acceptors (Lipinski definition) is 2. The zero-order valence-corrected chi connectivity index (χ0v) is 13.4. The second kappa shape index (κ2) is 7.17. The van der Waals surface area contributed by atoms with Crippen molar-refractivity contribution in [2.24, 2.45) is 0 Å². The Morgan fingerprint density at radius 3 is 2.45 bits per heavy atom. The number of ether oxygens (including phenoxy) is 1. The van der Waals surface area contributed by atoms with E-state index in [1.165, 1.54) is 16.7 Å². The highest BCUT2D eigenvalue weighted by atomic mass is 16.5. The summed E-state index contributed by atoms with van der Waals surface area (Å²) in [5.41, 5.74) is 4.80. The van der Waals surface area contributed by atoms with E-state index in [1.807, 2.05) is 20.8 Å². The second-order valence-corrected chi connectivity index (χ2v) is 5.44. The second-order valence-electron chi connectivity index (χ2n) is 5.44. The number of hydrogen-bond donors (Lipinski definition) is 2. The number of nitrogens with one attached hydrogen (secondary N) is 2. The van der Waals surface area contributed by atoms with Crippen LogP contribution in [0.4, 0.5) is 4.79 Å². The molecular formula is C16H26N2O2. The maximum absolute atomic E-state index is 11.5. The molecule has 4 heteroatoms. The van der Waals surface area contributed by atoms with Crippen molar-refractivity contribution in [1.82, 2.24) is 10.6 Å². The van der Waals surface area contributed by atoms with Gasteiger partial charge in [0.25, 0.3) is 0 Å². The molecule has 0 aliphatic rings. The molecule has 0 aliphatic carbocycles. The van der Waals surface area contributed by atoms with Crippen molar-refractivity contribution in [3.8, 4) is 5.75 Å². The van der Waals surface area contributed by atoms with Crippen LogP contribution < -0.4 is 15.4 Å². The fraction of sp³-hybridized carbons (Fsp3) is 0.562. The van der Waals surface area contributed by atoms with Crippen LogP contribution >= 0.6 is 0 Å². The van der Waals surface area contributed by atoms with Crippen molar-refractivity contribution in [2.45, 2.75) is 47.1 Å². The molecule has 0 atom stereocenters. The smallest absolute Gasteiger partial charge is 0.314 e. The molecule has 2 amide bonds. The lowest BCUT2D eigenvalue weighted by Gasteiger charge is -2.16. The van der Waals surface area contributed by atoms with Gasteiger partial charge in [0.15, 0.2) is 0 Å². The number of urea groups is 1. The standard InChI is InChI=1S/C16H26N2O2/c1-10(2)18-16(19)17-8-7-14-9-11(3)15(20-6)13(5)12(14)4/h9-10H,7-8H2,1-6H3,(H2,17,18,19). The Balaban J connectivity index is 2.68. The Bertz CT molecular complexity index is 482. The van der Waals surface area contributed by atoms with Gasteiger partial charge in [0, 0.05) is 12.6 Å². The van der Waals surface area contributed by atoms with Crippen molar-refractivity contribution in [2.75, 3.05) is 13.7 Å². The van der Waals surface area contributed by atoms with Crippen molar-refractivity contribution in [3.05, 3.63) is 28.3 Å². The molecule has 0 unspecified atom stereocenters. The van der Waals surface area contributed by atoms with Crippen LogP contribution in [-0.4, -0.2) is 25.7 Å². The van der Waals surface area contributed by atoms with Gasteiger partial charge in [-0.1, -0.05) is 6.07 Å². The van der Waals surface area contributed by atoms with Gasteiger partial charge >= 0.3 is 6.03 Å². The van der Waals surface area contributed by atoms with Crippen LogP contribution in [0.5, 0.6) is 5.75 Å². The van der Waals surface area contributed by atoms with Crippen LogP contribution in [0.3, 0.4) is 0 Å². The lowest BCUT2D eigenvalue weighted by Crippen LogP contribution is -2.40. The molecule has 0 aromatic heterocycles. The lowest BCUT2D eigenvalue weighted by molar-refractivity contribution is 0.238. The first-order valence-electron chi connectivity index (χ1n) is 7.04. The zero-order chi connectivity index (χ0) is 15.3. The number of methoxy groups -OCH3 is 1. The van der Waals surface area contributed by atoms with Crippen molar-refractivity contribution >= 4 is 6.03 Å². The average Bonchev–Trinajstić information content (AvgIpc) is 2.35. The van der Waals surface area contributed by atoms with Gasteiger partial charge in [0.05, 0.1) is 7.11 Å². The van der Waals surface area contributed by atoms with Crippen molar-refractivity contribution < 1.29 is 9.53 Å². The first kappa shape index (κ1) is 16.3. The minimum Gasteiger partial charge on any atom is -0.496 e. The Labute approximate surface area is 121 Å². The van der Waals surface area contributed by atoms with Gasteiger partial charge < -0.3 is 15.4 Å². The van der Waals surface area contributed by atoms with E-state index in [-0.39, 0.29) is 12.1 Å². The molecule has 0 aliphatic heterocycles. The molecule has 20 heavy (non-hydrogen) atoms. The van der Waals surface area contributed by atoms with Crippen LogP contribution in [0.25, 0.3) is 0 Å². The first-order chi connectivity index (χ1) is 9.36. The number of benzene rings is 1. The van der Waals surface area contributed by atoms with E-state index in [1.54, 1.807) is 7.11 Å². The van der Waals surface area contributed by atoms with E-state index in [4.69, 9.17) is 4.74 Å². The summed E-state index contributed by atoms with van der Waals surface area (Å²) in [6.07, 6.45) is 0.822. The van der Waals surface area contributed by atoms with Gasteiger partial charge in [0.2, 0.25) is 0 Å². The molecule has 0 heterocycles. The normalized spacial score (nSPS) is 10.6. The molecule has 0 bridgehead atoms. The van der Waals surface area contributed by atoms with E-state index in [0.717, 1.165) is 17.7 Å². The van der Waals surface area contributed by atoms with E-state index < -0.39 is 0 Å². The van der Waals surface area contributed by atoms with E-state index in [0.29, 0.717) is 6.54 Å². The number of rotatable bonds is 5. The highest BCUT2D eigenvalue weighted by molar-refractivity contribution is 5.74. The van der Waals surface area contributed by atoms with Crippen LogP contribution in [0.2, 0.25) is 0 Å². The van der Waals surface area contributed by atoms with E-state index >= 15 is 0 Å². The summed E-state index contributed by atoms with van der Waals surface area (Å²) in [5, 5.41) is 5.69. The van der Waals surface area contributed by atoms with Gasteiger partial charge in [-0.15, -0.1) is 0 Å². The predicted molar refractivity (Wildman–Crippen MR) is 82.6 cm³/mol. The molecule has 0 fully saturated rings. The van der Waals surface area contributed by atoms with Gasteiger partial charge in [-0.2, -0.15) is 0 Å². The highest BCUT2D eigenvalue weighted by Gasteiger charge is 2.10. The number of carbonyl (C=O) groups is 1. The molecule has 4 nitrogen and oxygen atoms in total. The molecule has 1 rings (SSSR count). The Kier molecular flexibility index (Phi) is 5.86. The summed E-state index contributed by atoms with van der Waals surface area (Å²) in [6.45, 7) is 10.7. The summed E-state index contributed by atoms with van der Waals surface area (Å²) < 4.78 is 5.42. The minimum atomic E-state index is -0.111. The third-order valence-electron chi connectivity index (χ3n) is 3.44. The highest BCUT2D eigenvalue weighted by Crippen LogP contribution is 2.28. The zero-order valence-electron chi connectivity index (χ0n) is 13.4. The van der Waals surface area contributed by atoms with Gasteiger partial charge in [-0.25, -0.2) is 4.79 Å². The Hall–Kier alpha value is -1.71. The van der Waals surface area contributed by atoms with E-state index in [2.05, 4.69) is 30.5 Å². The lowest BCUT2D eigenvalue weighted by atomic mass is 9.96. The number of aryl methyl sites for hydroxylation is 1.